The standard InChI is InChI=1S/C32H49N3O8/c1-30(2,3)42-28(37)35-21-25(40-29(38)43-31(4,5)6)26(24(35)20-22-10-12-23(39-7)13-11-22)41-27(36)33-17-16-32-14-8-18-34(32)19-9-15-32/h10-13,24-26H,8-9,14-21H2,1-7H3,(H,33,36)/t24-,25+,26+/m1/s1. The van der Waals surface area contributed by atoms with Gasteiger partial charge in [-0.05, 0) is 111 Å². The van der Waals surface area contributed by atoms with Crippen LogP contribution in [-0.2, 0) is 25.4 Å². The number of amides is 2. The summed E-state index contributed by atoms with van der Waals surface area (Å²) in [5, 5.41) is 2.93. The molecule has 240 valence electrons. The van der Waals surface area contributed by atoms with E-state index in [2.05, 4.69) is 10.2 Å². The van der Waals surface area contributed by atoms with Gasteiger partial charge in [-0.3, -0.25) is 9.80 Å². The maximum Gasteiger partial charge on any atom is 0.509 e. The largest absolute Gasteiger partial charge is 0.509 e. The zero-order chi connectivity index (χ0) is 31.4. The molecule has 1 aromatic rings. The van der Waals surface area contributed by atoms with Crippen LogP contribution in [0.5, 0.6) is 5.75 Å². The summed E-state index contributed by atoms with van der Waals surface area (Å²) in [4.78, 5) is 43.5. The highest BCUT2D eigenvalue weighted by atomic mass is 16.7. The van der Waals surface area contributed by atoms with Crippen molar-refractivity contribution >= 4 is 18.3 Å². The van der Waals surface area contributed by atoms with Gasteiger partial charge in [0.2, 0.25) is 0 Å². The molecule has 43 heavy (non-hydrogen) atoms. The van der Waals surface area contributed by atoms with Crippen molar-refractivity contribution < 1.29 is 38.1 Å². The monoisotopic (exact) mass is 603 g/mol. The second-order valence-corrected chi connectivity index (χ2v) is 13.8. The van der Waals surface area contributed by atoms with E-state index in [1.807, 2.05) is 24.3 Å². The van der Waals surface area contributed by atoms with Crippen molar-refractivity contribution in [3.8, 4) is 5.75 Å². The quantitative estimate of drug-likeness (QED) is 0.313. The molecule has 11 nitrogen and oxygen atoms in total. The van der Waals surface area contributed by atoms with Crippen LogP contribution in [0.2, 0.25) is 0 Å². The molecular formula is C32H49N3O8. The smallest absolute Gasteiger partial charge is 0.497 e. The molecule has 2 amide bonds. The van der Waals surface area contributed by atoms with Crippen LogP contribution in [-0.4, -0.2) is 96.4 Å². The highest BCUT2D eigenvalue weighted by Gasteiger charge is 2.50. The van der Waals surface area contributed by atoms with E-state index in [9.17, 15) is 14.4 Å². The number of nitrogens with zero attached hydrogens (tertiary/aromatic N) is 2. The summed E-state index contributed by atoms with van der Waals surface area (Å²) >= 11 is 0. The Balaban J connectivity index is 1.54. The third-order valence-electron chi connectivity index (χ3n) is 8.31. The number of hydrogen-bond donors (Lipinski definition) is 1. The Morgan fingerprint density at radius 3 is 2.14 bits per heavy atom. The number of benzene rings is 1. The summed E-state index contributed by atoms with van der Waals surface area (Å²) < 4.78 is 28.1. The van der Waals surface area contributed by atoms with Gasteiger partial charge < -0.3 is 29.0 Å². The fourth-order valence-corrected chi connectivity index (χ4v) is 6.47. The van der Waals surface area contributed by atoms with Gasteiger partial charge in [-0.2, -0.15) is 0 Å². The van der Waals surface area contributed by atoms with E-state index in [-0.39, 0.29) is 12.1 Å². The first-order valence-electron chi connectivity index (χ1n) is 15.4. The Bertz CT molecular complexity index is 1120. The van der Waals surface area contributed by atoms with Crippen LogP contribution >= 0.6 is 0 Å². The van der Waals surface area contributed by atoms with E-state index < -0.39 is 47.8 Å². The first kappa shape index (κ1) is 32.7. The molecule has 0 saturated carbocycles. The molecule has 0 spiro atoms. The average Bonchev–Trinajstić information content (AvgIpc) is 3.56. The number of likely N-dealkylation sites (tertiary alicyclic amines) is 1. The molecule has 0 aromatic heterocycles. The number of methoxy groups -OCH3 is 1. The van der Waals surface area contributed by atoms with Gasteiger partial charge in [0, 0.05) is 12.1 Å². The Morgan fingerprint density at radius 1 is 0.930 bits per heavy atom. The van der Waals surface area contributed by atoms with Crippen molar-refractivity contribution in [2.45, 2.75) is 115 Å². The molecule has 4 rings (SSSR count). The summed E-state index contributed by atoms with van der Waals surface area (Å²) in [6, 6.07) is 6.77. The normalized spacial score (nSPS) is 23.4. The van der Waals surface area contributed by atoms with Crippen molar-refractivity contribution in [3.63, 3.8) is 0 Å². The fraction of sp³-hybridized carbons (Fsp3) is 0.719. The van der Waals surface area contributed by atoms with Crippen LogP contribution in [0, 0.1) is 0 Å². The Morgan fingerprint density at radius 2 is 1.56 bits per heavy atom. The van der Waals surface area contributed by atoms with Crippen LogP contribution in [0.4, 0.5) is 14.4 Å². The van der Waals surface area contributed by atoms with Gasteiger partial charge in [-0.25, -0.2) is 14.4 Å². The molecule has 3 saturated heterocycles. The van der Waals surface area contributed by atoms with E-state index in [1.54, 1.807) is 48.7 Å². The van der Waals surface area contributed by atoms with Gasteiger partial charge in [0.1, 0.15) is 17.0 Å². The predicted octanol–water partition coefficient (Wildman–Crippen LogP) is 5.29. The second kappa shape index (κ2) is 13.2. The van der Waals surface area contributed by atoms with E-state index in [1.165, 1.54) is 17.7 Å². The van der Waals surface area contributed by atoms with Crippen molar-refractivity contribution in [1.29, 1.82) is 0 Å². The molecule has 3 aliphatic heterocycles. The topological polar surface area (TPSA) is 116 Å². The van der Waals surface area contributed by atoms with Crippen molar-refractivity contribution in [2.24, 2.45) is 0 Å². The van der Waals surface area contributed by atoms with Crippen molar-refractivity contribution in [1.82, 2.24) is 15.1 Å². The summed E-state index contributed by atoms with van der Waals surface area (Å²) in [7, 11) is 1.59. The van der Waals surface area contributed by atoms with E-state index in [4.69, 9.17) is 23.7 Å². The van der Waals surface area contributed by atoms with Gasteiger partial charge >= 0.3 is 18.3 Å². The molecule has 3 heterocycles. The maximum absolute atomic E-state index is 13.4. The fourth-order valence-electron chi connectivity index (χ4n) is 6.47. The minimum atomic E-state index is -0.963. The molecule has 1 aromatic carbocycles. The molecule has 0 bridgehead atoms. The number of carbonyl (C=O) groups excluding carboxylic acids is 3. The molecule has 0 aliphatic carbocycles. The van der Waals surface area contributed by atoms with E-state index in [0.29, 0.717) is 18.7 Å². The number of nitrogens with one attached hydrogen (secondary N) is 1. The Hall–Kier alpha value is -3.21. The van der Waals surface area contributed by atoms with Crippen LogP contribution < -0.4 is 10.1 Å². The van der Waals surface area contributed by atoms with E-state index >= 15 is 0 Å². The zero-order valence-electron chi connectivity index (χ0n) is 26.8. The third-order valence-corrected chi connectivity index (χ3v) is 8.31. The number of fused-ring (bicyclic) bond motifs is 1. The summed E-state index contributed by atoms with van der Waals surface area (Å²) in [6.45, 7) is 13.2. The number of rotatable bonds is 8. The molecule has 3 fully saturated rings. The minimum absolute atomic E-state index is 0.0228. The van der Waals surface area contributed by atoms with Gasteiger partial charge in [-0.15, -0.1) is 0 Å². The summed E-state index contributed by atoms with van der Waals surface area (Å²) in [5.41, 5.74) is -0.501. The second-order valence-electron chi connectivity index (χ2n) is 13.8. The molecular weight excluding hydrogens is 554 g/mol. The molecule has 1 N–H and O–H groups in total. The number of hydrogen-bond acceptors (Lipinski definition) is 9. The molecule has 0 radical (unpaired) electrons. The molecule has 3 aliphatic rings. The summed E-state index contributed by atoms with van der Waals surface area (Å²) in [6.07, 6.45) is 1.81. The highest BCUT2D eigenvalue weighted by molar-refractivity contribution is 5.71. The van der Waals surface area contributed by atoms with Crippen LogP contribution in [0.25, 0.3) is 0 Å². The van der Waals surface area contributed by atoms with Gasteiger partial charge in [0.05, 0.1) is 19.7 Å². The van der Waals surface area contributed by atoms with Crippen LogP contribution in [0.1, 0.15) is 79.2 Å². The minimum Gasteiger partial charge on any atom is -0.497 e. The summed E-state index contributed by atoms with van der Waals surface area (Å²) in [5.74, 6) is 0.694. The predicted molar refractivity (Wildman–Crippen MR) is 160 cm³/mol. The van der Waals surface area contributed by atoms with Crippen LogP contribution in [0.3, 0.4) is 0 Å². The molecule has 0 unspecified atom stereocenters. The first-order chi connectivity index (χ1) is 20.2. The van der Waals surface area contributed by atoms with Crippen molar-refractivity contribution in [2.75, 3.05) is 33.3 Å². The lowest BCUT2D eigenvalue weighted by Gasteiger charge is -2.32. The Kier molecular flexibility index (Phi) is 10.0. The number of alkyl carbamates (subject to hydrolysis) is 1. The zero-order valence-corrected chi connectivity index (χ0v) is 26.8. The lowest BCUT2D eigenvalue weighted by molar-refractivity contribution is -0.0518. The number of ether oxygens (including phenoxy) is 5. The maximum atomic E-state index is 13.4. The molecule has 3 atom stereocenters. The van der Waals surface area contributed by atoms with Gasteiger partial charge in [-0.1, -0.05) is 12.1 Å². The first-order valence-corrected chi connectivity index (χ1v) is 15.4. The van der Waals surface area contributed by atoms with E-state index in [0.717, 1.165) is 37.9 Å². The van der Waals surface area contributed by atoms with Gasteiger partial charge in [0.15, 0.2) is 12.2 Å². The Labute approximate surface area is 255 Å². The number of carbonyl (C=O) groups is 3. The molecule has 11 heteroatoms. The lowest BCUT2D eigenvalue weighted by Crippen LogP contribution is -2.47. The van der Waals surface area contributed by atoms with Gasteiger partial charge in [0.25, 0.3) is 0 Å². The van der Waals surface area contributed by atoms with Crippen LogP contribution in [0.15, 0.2) is 24.3 Å². The highest BCUT2D eigenvalue weighted by Crippen LogP contribution is 2.41. The average molecular weight is 604 g/mol. The SMILES string of the molecule is COc1ccc(C[C@@H]2[C@H](OC(=O)NCCC34CCCN3CCC4)[C@@H](OC(=O)OC(C)(C)C)CN2C(=O)OC(C)(C)C)cc1. The van der Waals surface area contributed by atoms with Crippen molar-refractivity contribution in [3.05, 3.63) is 29.8 Å². The lowest BCUT2D eigenvalue weighted by atomic mass is 9.90. The third kappa shape index (κ3) is 8.68.